The Morgan fingerprint density at radius 1 is 0.536 bits per heavy atom. The van der Waals surface area contributed by atoms with E-state index in [1.807, 2.05) is 0 Å². The van der Waals surface area contributed by atoms with E-state index in [1.165, 1.54) is 59.3 Å². The number of aromatic nitrogens is 2. The van der Waals surface area contributed by atoms with Gasteiger partial charge in [-0.05, 0) is 36.1 Å². The zero-order valence-electron chi connectivity index (χ0n) is 16.0. The van der Waals surface area contributed by atoms with Gasteiger partial charge >= 0.3 is 0 Å². The molecule has 0 saturated heterocycles. The molecule has 3 heterocycles. The van der Waals surface area contributed by atoms with E-state index < -0.39 is 0 Å². The Kier molecular flexibility index (Phi) is 3.58. The topological polar surface area (TPSA) is 9.86 Å². The summed E-state index contributed by atoms with van der Waals surface area (Å²) in [5, 5.41) is 0. The van der Waals surface area contributed by atoms with Crippen molar-refractivity contribution < 1.29 is 0 Å². The minimum atomic E-state index is 0.574. The van der Waals surface area contributed by atoms with Gasteiger partial charge in [-0.25, -0.2) is 0 Å². The molecule has 6 rings (SSSR count). The van der Waals surface area contributed by atoms with Crippen LogP contribution in [0.3, 0.4) is 0 Å². The second-order valence-corrected chi connectivity index (χ2v) is 8.19. The zero-order valence-corrected chi connectivity index (χ0v) is 16.0. The van der Waals surface area contributed by atoms with Gasteiger partial charge in [0.25, 0.3) is 0 Å². The Hall–Kier alpha value is -3.00. The van der Waals surface area contributed by atoms with Crippen molar-refractivity contribution in [1.29, 1.82) is 0 Å². The van der Waals surface area contributed by atoms with Crippen LogP contribution in [0.25, 0.3) is 33.6 Å². The van der Waals surface area contributed by atoms with E-state index in [0.717, 1.165) is 0 Å². The first-order valence-electron chi connectivity index (χ1n) is 10.4. The summed E-state index contributed by atoms with van der Waals surface area (Å²) in [6.07, 6.45) is 10.0. The van der Waals surface area contributed by atoms with Crippen LogP contribution in [-0.4, -0.2) is 9.13 Å². The van der Waals surface area contributed by atoms with Gasteiger partial charge in [-0.2, -0.15) is 0 Å². The number of fused-ring (bicyclic) bond motifs is 6. The highest BCUT2D eigenvalue weighted by atomic mass is 15.2. The van der Waals surface area contributed by atoms with Gasteiger partial charge in [0.2, 0.25) is 0 Å². The third-order valence-corrected chi connectivity index (χ3v) is 6.58. The maximum Gasteiger partial charge on any atom is 0.0657 e. The summed E-state index contributed by atoms with van der Waals surface area (Å²) in [5.74, 6) is 0. The van der Waals surface area contributed by atoms with Gasteiger partial charge in [-0.15, -0.1) is 0 Å². The predicted molar refractivity (Wildman–Crippen MR) is 115 cm³/mol. The number of rotatable bonds is 2. The monoisotopic (exact) mass is 364 g/mol. The first-order chi connectivity index (χ1) is 13.9. The molecule has 1 aliphatic heterocycles. The molecule has 0 amide bonds. The fourth-order valence-electron chi connectivity index (χ4n) is 5.24. The molecule has 138 valence electrons. The van der Waals surface area contributed by atoms with Crippen LogP contribution < -0.4 is 0 Å². The fourth-order valence-corrected chi connectivity index (χ4v) is 5.24. The summed E-state index contributed by atoms with van der Waals surface area (Å²) in [4.78, 5) is 0. The lowest BCUT2D eigenvalue weighted by Crippen LogP contribution is -2.30. The summed E-state index contributed by atoms with van der Waals surface area (Å²) in [5.41, 5.74) is 8.00. The molecule has 1 aliphatic carbocycles. The number of benzene rings is 2. The molecule has 0 bridgehead atoms. The van der Waals surface area contributed by atoms with Crippen LogP contribution in [0.15, 0.2) is 85.2 Å². The van der Waals surface area contributed by atoms with Gasteiger partial charge in [0.1, 0.15) is 0 Å². The zero-order chi connectivity index (χ0) is 18.5. The third kappa shape index (κ3) is 2.41. The van der Waals surface area contributed by atoms with E-state index in [-0.39, 0.29) is 0 Å². The maximum absolute atomic E-state index is 2.58. The normalized spacial score (nSPS) is 20.3. The standard InChI is InChI=1S/C26H24N2/c1-3-9-19(10-4-1)21-15-25-26-16-22(20-11-5-2-6-12-20)18-28(26)24-14-8-7-13-23(24)27(25)17-21/h1-6,9-12,15-18,23-24H,7-8,13-14H2. The number of nitrogens with zero attached hydrogens (tertiary/aromatic N) is 2. The largest absolute Gasteiger partial charge is 0.341 e. The first kappa shape index (κ1) is 16.0. The third-order valence-electron chi connectivity index (χ3n) is 6.58. The molecule has 2 nitrogen and oxygen atoms in total. The molecular weight excluding hydrogens is 340 g/mol. The molecule has 0 radical (unpaired) electrons. The Bertz CT molecular complexity index is 1030. The average Bonchev–Trinajstić information content (AvgIpc) is 3.40. The minimum absolute atomic E-state index is 0.574. The molecule has 2 heteroatoms. The molecule has 4 aromatic rings. The Balaban J connectivity index is 1.54. The molecular formula is C26H24N2. The lowest BCUT2D eigenvalue weighted by atomic mass is 9.88. The van der Waals surface area contributed by atoms with Crippen molar-refractivity contribution in [3.63, 3.8) is 0 Å². The summed E-state index contributed by atoms with van der Waals surface area (Å²) in [6.45, 7) is 0. The van der Waals surface area contributed by atoms with Crippen LogP contribution >= 0.6 is 0 Å². The van der Waals surface area contributed by atoms with E-state index in [4.69, 9.17) is 0 Å². The van der Waals surface area contributed by atoms with Crippen molar-refractivity contribution >= 4 is 0 Å². The van der Waals surface area contributed by atoms with Gasteiger partial charge in [0.15, 0.2) is 0 Å². The number of hydrogen-bond donors (Lipinski definition) is 0. The predicted octanol–water partition coefficient (Wildman–Crippen LogP) is 6.96. The highest BCUT2D eigenvalue weighted by molar-refractivity contribution is 5.76. The van der Waals surface area contributed by atoms with Crippen molar-refractivity contribution in [3.05, 3.63) is 85.2 Å². The highest BCUT2D eigenvalue weighted by Crippen LogP contribution is 2.48. The molecule has 28 heavy (non-hydrogen) atoms. The highest BCUT2D eigenvalue weighted by Gasteiger charge is 2.35. The quantitative estimate of drug-likeness (QED) is 0.364. The van der Waals surface area contributed by atoms with Crippen molar-refractivity contribution in [1.82, 2.24) is 9.13 Å². The summed E-state index contributed by atoms with van der Waals surface area (Å²) < 4.78 is 5.16. The van der Waals surface area contributed by atoms with Crippen LogP contribution in [0.4, 0.5) is 0 Å². The van der Waals surface area contributed by atoms with Crippen molar-refractivity contribution in [2.75, 3.05) is 0 Å². The molecule has 2 aromatic heterocycles. The van der Waals surface area contributed by atoms with E-state index in [1.54, 1.807) is 0 Å². The smallest absolute Gasteiger partial charge is 0.0657 e. The Morgan fingerprint density at radius 3 is 1.39 bits per heavy atom. The van der Waals surface area contributed by atoms with Crippen LogP contribution in [-0.2, 0) is 0 Å². The molecule has 1 saturated carbocycles. The van der Waals surface area contributed by atoms with E-state index in [2.05, 4.69) is 94.3 Å². The van der Waals surface area contributed by atoms with Crippen LogP contribution in [0.5, 0.6) is 0 Å². The van der Waals surface area contributed by atoms with Gasteiger partial charge in [-0.3, -0.25) is 0 Å². The second-order valence-electron chi connectivity index (χ2n) is 8.19. The van der Waals surface area contributed by atoms with Gasteiger partial charge in [-0.1, -0.05) is 73.5 Å². The lowest BCUT2D eigenvalue weighted by molar-refractivity contribution is 0.233. The molecule has 2 aromatic carbocycles. The van der Waals surface area contributed by atoms with Crippen LogP contribution in [0.1, 0.15) is 37.8 Å². The molecule has 1 fully saturated rings. The van der Waals surface area contributed by atoms with E-state index >= 15 is 0 Å². The van der Waals surface area contributed by atoms with Crippen LogP contribution in [0, 0.1) is 0 Å². The van der Waals surface area contributed by atoms with Gasteiger partial charge in [0, 0.05) is 23.5 Å². The van der Waals surface area contributed by atoms with Crippen molar-refractivity contribution in [3.8, 4) is 33.6 Å². The van der Waals surface area contributed by atoms with Crippen molar-refractivity contribution in [2.45, 2.75) is 37.8 Å². The first-order valence-corrected chi connectivity index (χ1v) is 10.4. The molecule has 0 spiro atoms. The lowest BCUT2D eigenvalue weighted by Gasteiger charge is -2.39. The number of hydrogen-bond acceptors (Lipinski definition) is 0. The Morgan fingerprint density at radius 2 is 0.964 bits per heavy atom. The molecule has 2 aliphatic rings. The fraction of sp³-hybridized carbons (Fsp3) is 0.231. The Labute approximate surface area is 166 Å². The van der Waals surface area contributed by atoms with Crippen molar-refractivity contribution in [2.24, 2.45) is 0 Å². The van der Waals surface area contributed by atoms with E-state index in [9.17, 15) is 0 Å². The van der Waals surface area contributed by atoms with E-state index in [0.29, 0.717) is 12.1 Å². The summed E-state index contributed by atoms with van der Waals surface area (Å²) in [7, 11) is 0. The minimum Gasteiger partial charge on any atom is -0.341 e. The van der Waals surface area contributed by atoms with Gasteiger partial charge in [0.05, 0.1) is 23.5 Å². The maximum atomic E-state index is 2.58. The SMILES string of the molecule is c1ccc(-c2cc3n(c2)C2CCCCC2n2cc(-c4ccccc4)cc2-3)cc1. The average molecular weight is 364 g/mol. The van der Waals surface area contributed by atoms with Gasteiger partial charge < -0.3 is 9.13 Å². The summed E-state index contributed by atoms with van der Waals surface area (Å²) in [6, 6.07) is 27.5. The molecule has 0 N–H and O–H groups in total. The van der Waals surface area contributed by atoms with Crippen LogP contribution in [0.2, 0.25) is 0 Å². The molecule has 2 unspecified atom stereocenters. The molecule has 2 atom stereocenters. The second kappa shape index (κ2) is 6.27. The summed E-state index contributed by atoms with van der Waals surface area (Å²) >= 11 is 0.